The van der Waals surface area contributed by atoms with Crippen LogP contribution in [-0.2, 0) is 24.1 Å². The molecule has 0 aliphatic carbocycles. The van der Waals surface area contributed by atoms with Gasteiger partial charge in [0.05, 0.1) is 0 Å². The van der Waals surface area contributed by atoms with Crippen LogP contribution in [0.3, 0.4) is 0 Å². The van der Waals surface area contributed by atoms with Crippen molar-refractivity contribution >= 4 is 10.0 Å². The number of nitrogens with zero attached hydrogens (tertiary/aromatic N) is 3. The molecule has 2 N–H and O–H groups in total. The lowest BCUT2D eigenvalue weighted by atomic mass is 9.96. The van der Waals surface area contributed by atoms with Crippen molar-refractivity contribution in [2.45, 2.75) is 24.3 Å². The third kappa shape index (κ3) is 2.68. The standard InChI is InChI=1S/C12H20N4O4S/c1-8-4-5-16(6-9(8)13)21(19,20)10-7-14(2)12(18)15(3)11(10)17/h7-9H,4-6,13H2,1-3H3. The molecule has 8 nitrogen and oxygen atoms in total. The Bertz CT molecular complexity index is 764. The lowest BCUT2D eigenvalue weighted by Gasteiger charge is -2.34. The predicted octanol–water partition coefficient (Wildman–Crippen LogP) is -1.56. The molecule has 2 atom stereocenters. The molecule has 0 spiro atoms. The monoisotopic (exact) mass is 316 g/mol. The number of aryl methyl sites for hydroxylation is 1. The Hall–Kier alpha value is -1.45. The van der Waals surface area contributed by atoms with Crippen molar-refractivity contribution in [1.29, 1.82) is 0 Å². The van der Waals surface area contributed by atoms with Crippen LogP contribution in [0.5, 0.6) is 0 Å². The molecule has 1 fully saturated rings. The Morgan fingerprint density at radius 3 is 2.48 bits per heavy atom. The highest BCUT2D eigenvalue weighted by atomic mass is 32.2. The third-order valence-electron chi connectivity index (χ3n) is 4.01. The van der Waals surface area contributed by atoms with Gasteiger partial charge in [-0.2, -0.15) is 4.31 Å². The van der Waals surface area contributed by atoms with Gasteiger partial charge in [-0.15, -0.1) is 0 Å². The van der Waals surface area contributed by atoms with Gasteiger partial charge in [0.25, 0.3) is 5.56 Å². The van der Waals surface area contributed by atoms with E-state index in [1.807, 2.05) is 6.92 Å². The van der Waals surface area contributed by atoms with E-state index in [4.69, 9.17) is 5.73 Å². The quantitative estimate of drug-likeness (QED) is 0.710. The number of rotatable bonds is 2. The molecule has 2 unspecified atom stereocenters. The average Bonchev–Trinajstić information content (AvgIpc) is 2.43. The Kier molecular flexibility index (Phi) is 4.09. The summed E-state index contributed by atoms with van der Waals surface area (Å²) in [4.78, 5) is 23.3. The number of piperidine rings is 1. The average molecular weight is 316 g/mol. The van der Waals surface area contributed by atoms with Crippen molar-refractivity contribution < 1.29 is 8.42 Å². The van der Waals surface area contributed by atoms with Gasteiger partial charge in [-0.05, 0) is 12.3 Å². The van der Waals surface area contributed by atoms with Gasteiger partial charge in [0.15, 0.2) is 4.90 Å². The summed E-state index contributed by atoms with van der Waals surface area (Å²) >= 11 is 0. The van der Waals surface area contributed by atoms with Gasteiger partial charge in [-0.25, -0.2) is 13.2 Å². The first-order valence-corrected chi connectivity index (χ1v) is 8.12. The van der Waals surface area contributed by atoms with Gasteiger partial charge in [0.2, 0.25) is 10.0 Å². The van der Waals surface area contributed by atoms with E-state index in [-0.39, 0.29) is 18.5 Å². The number of nitrogens with two attached hydrogens (primary N) is 1. The zero-order chi connectivity index (χ0) is 15.9. The van der Waals surface area contributed by atoms with Crippen LogP contribution in [0.15, 0.2) is 20.7 Å². The van der Waals surface area contributed by atoms with Crippen LogP contribution >= 0.6 is 0 Å². The molecule has 1 aliphatic rings. The molecule has 1 aromatic rings. The Morgan fingerprint density at radius 1 is 1.29 bits per heavy atom. The van der Waals surface area contributed by atoms with Crippen molar-refractivity contribution in [3.05, 3.63) is 27.0 Å². The minimum absolute atomic E-state index is 0.176. The topological polar surface area (TPSA) is 107 Å². The van der Waals surface area contributed by atoms with Gasteiger partial charge in [-0.3, -0.25) is 9.36 Å². The van der Waals surface area contributed by atoms with E-state index >= 15 is 0 Å². The van der Waals surface area contributed by atoms with Crippen molar-refractivity contribution in [3.63, 3.8) is 0 Å². The van der Waals surface area contributed by atoms with Crippen molar-refractivity contribution in [3.8, 4) is 0 Å². The lowest BCUT2D eigenvalue weighted by Crippen LogP contribution is -2.51. The Labute approximate surface area is 122 Å². The van der Waals surface area contributed by atoms with E-state index in [1.165, 1.54) is 18.4 Å². The van der Waals surface area contributed by atoms with Crippen molar-refractivity contribution in [2.24, 2.45) is 25.7 Å². The fourth-order valence-electron chi connectivity index (χ4n) is 2.38. The fraction of sp³-hybridized carbons (Fsp3) is 0.667. The number of aromatic nitrogens is 2. The summed E-state index contributed by atoms with van der Waals surface area (Å²) in [6.45, 7) is 2.47. The van der Waals surface area contributed by atoms with Gasteiger partial charge in [-0.1, -0.05) is 6.92 Å². The maximum absolute atomic E-state index is 12.6. The molecule has 9 heteroatoms. The molecule has 21 heavy (non-hydrogen) atoms. The van der Waals surface area contributed by atoms with Crippen molar-refractivity contribution in [1.82, 2.24) is 13.4 Å². The van der Waals surface area contributed by atoms with Gasteiger partial charge in [0.1, 0.15) is 0 Å². The summed E-state index contributed by atoms with van der Waals surface area (Å²) in [6, 6.07) is -0.259. The summed E-state index contributed by atoms with van der Waals surface area (Å²) in [7, 11) is -1.29. The summed E-state index contributed by atoms with van der Waals surface area (Å²) in [5.41, 5.74) is 4.54. The SMILES string of the molecule is CC1CCN(S(=O)(=O)c2cn(C)c(=O)n(C)c2=O)CC1N. The second-order valence-electron chi connectivity index (χ2n) is 5.54. The highest BCUT2D eigenvalue weighted by Crippen LogP contribution is 2.21. The number of hydrogen-bond acceptors (Lipinski definition) is 5. The second kappa shape index (κ2) is 5.39. The molecule has 0 bridgehead atoms. The molecule has 1 aromatic heterocycles. The van der Waals surface area contributed by atoms with Crippen LogP contribution in [0.4, 0.5) is 0 Å². The van der Waals surface area contributed by atoms with E-state index in [0.717, 1.165) is 15.3 Å². The third-order valence-corrected chi connectivity index (χ3v) is 5.86. The molecule has 2 heterocycles. The second-order valence-corrected chi connectivity index (χ2v) is 7.45. The maximum Gasteiger partial charge on any atom is 0.330 e. The zero-order valence-corrected chi connectivity index (χ0v) is 13.1. The van der Waals surface area contributed by atoms with Gasteiger partial charge >= 0.3 is 5.69 Å². The van der Waals surface area contributed by atoms with Gasteiger partial charge in [0, 0.05) is 39.4 Å². The number of hydrogen-bond donors (Lipinski definition) is 1. The smallest absolute Gasteiger partial charge is 0.326 e. The van der Waals surface area contributed by atoms with E-state index in [9.17, 15) is 18.0 Å². The summed E-state index contributed by atoms with van der Waals surface area (Å²) in [5.74, 6) is 0.236. The summed E-state index contributed by atoms with van der Waals surface area (Å²) in [5, 5.41) is 0. The molecule has 0 saturated carbocycles. The number of sulfonamides is 1. The minimum atomic E-state index is -3.95. The molecular weight excluding hydrogens is 296 g/mol. The Balaban J connectivity index is 2.51. The van der Waals surface area contributed by atoms with E-state index < -0.39 is 26.2 Å². The van der Waals surface area contributed by atoms with Gasteiger partial charge < -0.3 is 10.3 Å². The molecule has 1 saturated heterocycles. The summed E-state index contributed by atoms with van der Waals surface area (Å²) < 4.78 is 28.3. The van der Waals surface area contributed by atoms with Crippen LogP contribution in [-0.4, -0.2) is 41.0 Å². The molecule has 118 valence electrons. The van der Waals surface area contributed by atoms with E-state index in [2.05, 4.69) is 0 Å². The highest BCUT2D eigenvalue weighted by Gasteiger charge is 2.34. The van der Waals surface area contributed by atoms with Crippen LogP contribution < -0.4 is 17.0 Å². The lowest BCUT2D eigenvalue weighted by molar-refractivity contribution is 0.252. The molecule has 0 amide bonds. The molecular formula is C12H20N4O4S. The minimum Gasteiger partial charge on any atom is -0.326 e. The van der Waals surface area contributed by atoms with E-state index in [1.54, 1.807) is 0 Å². The van der Waals surface area contributed by atoms with Crippen LogP contribution in [0.25, 0.3) is 0 Å². The van der Waals surface area contributed by atoms with Crippen molar-refractivity contribution in [2.75, 3.05) is 13.1 Å². The maximum atomic E-state index is 12.6. The van der Waals surface area contributed by atoms with Crippen LogP contribution in [0.1, 0.15) is 13.3 Å². The largest absolute Gasteiger partial charge is 0.330 e. The molecule has 0 radical (unpaired) electrons. The predicted molar refractivity (Wildman–Crippen MR) is 77.4 cm³/mol. The highest BCUT2D eigenvalue weighted by molar-refractivity contribution is 7.89. The summed E-state index contributed by atoms with van der Waals surface area (Å²) in [6.07, 6.45) is 1.72. The molecule has 2 rings (SSSR count). The first kappa shape index (κ1) is 15.9. The van der Waals surface area contributed by atoms with E-state index in [0.29, 0.717) is 13.0 Å². The van der Waals surface area contributed by atoms with Crippen LogP contribution in [0, 0.1) is 5.92 Å². The molecule has 0 aromatic carbocycles. The van der Waals surface area contributed by atoms with Crippen LogP contribution in [0.2, 0.25) is 0 Å². The first-order chi connectivity index (χ1) is 9.66. The molecule has 1 aliphatic heterocycles. The normalized spacial score (nSPS) is 24.2. The first-order valence-electron chi connectivity index (χ1n) is 6.68. The Morgan fingerprint density at radius 2 is 1.90 bits per heavy atom. The zero-order valence-electron chi connectivity index (χ0n) is 12.3. The fourth-order valence-corrected chi connectivity index (χ4v) is 4.02.